The molecule has 1 aliphatic rings. The van der Waals surface area contributed by atoms with Crippen LogP contribution in [0.4, 0.5) is 4.39 Å². The molecule has 1 aromatic carbocycles. The number of halogens is 1. The number of ether oxygens (including phenoxy) is 1. The normalized spacial score (nSPS) is 15.1. The summed E-state index contributed by atoms with van der Waals surface area (Å²) in [6.07, 6.45) is 2.14. The molecule has 0 aromatic heterocycles. The van der Waals surface area contributed by atoms with Gasteiger partial charge in [-0.15, -0.1) is 0 Å². The van der Waals surface area contributed by atoms with Crippen molar-refractivity contribution in [2.24, 2.45) is 0 Å². The Labute approximate surface area is 100 Å². The van der Waals surface area contributed by atoms with E-state index < -0.39 is 0 Å². The second kappa shape index (κ2) is 5.17. The summed E-state index contributed by atoms with van der Waals surface area (Å²) in [6.45, 7) is 3.44. The molecule has 0 spiro atoms. The van der Waals surface area contributed by atoms with E-state index in [0.717, 1.165) is 25.9 Å². The highest BCUT2D eigenvalue weighted by atomic mass is 19.1. The van der Waals surface area contributed by atoms with Crippen LogP contribution in [0, 0.1) is 12.7 Å². The highest BCUT2D eigenvalue weighted by Crippen LogP contribution is 2.18. The first-order valence-corrected chi connectivity index (χ1v) is 5.83. The number of likely N-dealkylation sites (tertiary alicyclic amines) is 1. The second-order valence-electron chi connectivity index (χ2n) is 4.29. The zero-order valence-corrected chi connectivity index (χ0v) is 9.91. The molecule has 0 aliphatic carbocycles. The maximum atomic E-state index is 12.9. The van der Waals surface area contributed by atoms with E-state index in [1.807, 2.05) is 0 Å². The van der Waals surface area contributed by atoms with Crippen molar-refractivity contribution < 1.29 is 13.9 Å². The van der Waals surface area contributed by atoms with Gasteiger partial charge in [-0.3, -0.25) is 4.79 Å². The predicted molar refractivity (Wildman–Crippen MR) is 62.4 cm³/mol. The molecule has 0 atom stereocenters. The highest BCUT2D eigenvalue weighted by Gasteiger charge is 2.18. The largest absolute Gasteiger partial charge is 0.483 e. The highest BCUT2D eigenvalue weighted by molar-refractivity contribution is 5.78. The van der Waals surface area contributed by atoms with Crippen LogP contribution in [0.5, 0.6) is 5.75 Å². The van der Waals surface area contributed by atoms with Crippen LogP contribution in [0.1, 0.15) is 18.4 Å². The summed E-state index contributed by atoms with van der Waals surface area (Å²) >= 11 is 0. The van der Waals surface area contributed by atoms with Crippen LogP contribution in [0.15, 0.2) is 18.2 Å². The molecule has 0 bridgehead atoms. The number of carbonyl (C=O) groups excluding carboxylic acids is 1. The topological polar surface area (TPSA) is 29.5 Å². The SMILES string of the molecule is Cc1cc(F)ccc1OCC(=O)N1CCCC1. The third-order valence-electron chi connectivity index (χ3n) is 2.95. The molecule has 92 valence electrons. The number of nitrogens with zero attached hydrogens (tertiary/aromatic N) is 1. The number of aryl methyl sites for hydroxylation is 1. The Morgan fingerprint density at radius 1 is 1.41 bits per heavy atom. The Bertz CT molecular complexity index is 414. The van der Waals surface area contributed by atoms with Gasteiger partial charge >= 0.3 is 0 Å². The lowest BCUT2D eigenvalue weighted by Gasteiger charge is -2.16. The van der Waals surface area contributed by atoms with Gasteiger partial charge in [0.2, 0.25) is 0 Å². The van der Waals surface area contributed by atoms with Gasteiger partial charge in [0, 0.05) is 13.1 Å². The number of benzene rings is 1. The zero-order chi connectivity index (χ0) is 12.3. The first-order valence-electron chi connectivity index (χ1n) is 5.83. The minimum atomic E-state index is -0.291. The fraction of sp³-hybridized carbons (Fsp3) is 0.462. The Hall–Kier alpha value is -1.58. The molecular formula is C13H16FNO2. The summed E-state index contributed by atoms with van der Waals surface area (Å²) in [6, 6.07) is 4.29. The van der Waals surface area contributed by atoms with E-state index in [4.69, 9.17) is 4.74 Å². The molecule has 0 saturated carbocycles. The molecule has 4 heteroatoms. The van der Waals surface area contributed by atoms with Crippen molar-refractivity contribution in [1.82, 2.24) is 4.90 Å². The molecule has 0 radical (unpaired) electrons. The van der Waals surface area contributed by atoms with Gasteiger partial charge in [0.1, 0.15) is 11.6 Å². The molecule has 1 aromatic rings. The third kappa shape index (κ3) is 2.96. The van der Waals surface area contributed by atoms with Crippen LogP contribution in [0.2, 0.25) is 0 Å². The summed E-state index contributed by atoms with van der Waals surface area (Å²) in [5.74, 6) is 0.283. The van der Waals surface area contributed by atoms with Gasteiger partial charge in [-0.25, -0.2) is 4.39 Å². The van der Waals surface area contributed by atoms with Crippen molar-refractivity contribution in [2.45, 2.75) is 19.8 Å². The lowest BCUT2D eigenvalue weighted by atomic mass is 10.2. The minimum Gasteiger partial charge on any atom is -0.483 e. The van der Waals surface area contributed by atoms with Crippen LogP contribution in [0.3, 0.4) is 0 Å². The molecule has 2 rings (SSSR count). The van der Waals surface area contributed by atoms with Gasteiger partial charge in [0.15, 0.2) is 6.61 Å². The predicted octanol–water partition coefficient (Wildman–Crippen LogP) is 2.14. The number of amides is 1. The first kappa shape index (κ1) is 11.9. The smallest absolute Gasteiger partial charge is 0.260 e. The monoisotopic (exact) mass is 237 g/mol. The summed E-state index contributed by atoms with van der Waals surface area (Å²) in [4.78, 5) is 13.5. The van der Waals surface area contributed by atoms with Gasteiger partial charge < -0.3 is 9.64 Å². The maximum Gasteiger partial charge on any atom is 0.260 e. The molecule has 3 nitrogen and oxygen atoms in total. The van der Waals surface area contributed by atoms with E-state index in [1.165, 1.54) is 12.1 Å². The molecule has 1 aliphatic heterocycles. The van der Waals surface area contributed by atoms with E-state index >= 15 is 0 Å². The molecule has 1 amide bonds. The molecule has 1 fully saturated rings. The summed E-state index contributed by atoms with van der Waals surface area (Å²) in [5, 5.41) is 0. The number of hydrogen-bond donors (Lipinski definition) is 0. The third-order valence-corrected chi connectivity index (χ3v) is 2.95. The van der Waals surface area contributed by atoms with Crippen LogP contribution in [-0.2, 0) is 4.79 Å². The van der Waals surface area contributed by atoms with Gasteiger partial charge in [-0.1, -0.05) is 0 Å². The van der Waals surface area contributed by atoms with Crippen molar-refractivity contribution in [1.29, 1.82) is 0 Å². The van der Waals surface area contributed by atoms with Crippen molar-refractivity contribution in [3.8, 4) is 5.75 Å². The molecule has 0 unspecified atom stereocenters. The Balaban J connectivity index is 1.90. The average Bonchev–Trinajstić information content (AvgIpc) is 2.81. The van der Waals surface area contributed by atoms with Crippen LogP contribution < -0.4 is 4.74 Å². The average molecular weight is 237 g/mol. The molecular weight excluding hydrogens is 221 g/mol. The number of rotatable bonds is 3. The van der Waals surface area contributed by atoms with Crippen molar-refractivity contribution in [3.05, 3.63) is 29.6 Å². The van der Waals surface area contributed by atoms with Crippen molar-refractivity contribution >= 4 is 5.91 Å². The quantitative estimate of drug-likeness (QED) is 0.806. The van der Waals surface area contributed by atoms with E-state index in [9.17, 15) is 9.18 Å². The number of hydrogen-bond acceptors (Lipinski definition) is 2. The lowest BCUT2D eigenvalue weighted by Crippen LogP contribution is -2.32. The van der Waals surface area contributed by atoms with E-state index in [2.05, 4.69) is 0 Å². The molecule has 1 heterocycles. The molecule has 17 heavy (non-hydrogen) atoms. The zero-order valence-electron chi connectivity index (χ0n) is 9.91. The van der Waals surface area contributed by atoms with Crippen molar-refractivity contribution in [3.63, 3.8) is 0 Å². The van der Waals surface area contributed by atoms with Gasteiger partial charge in [0.05, 0.1) is 0 Å². The fourth-order valence-electron chi connectivity index (χ4n) is 1.97. The van der Waals surface area contributed by atoms with Gasteiger partial charge in [-0.05, 0) is 43.5 Å². The lowest BCUT2D eigenvalue weighted by molar-refractivity contribution is -0.132. The Morgan fingerprint density at radius 2 is 2.12 bits per heavy atom. The summed E-state index contributed by atoms with van der Waals surface area (Å²) < 4.78 is 18.3. The first-order chi connectivity index (χ1) is 8.16. The van der Waals surface area contributed by atoms with E-state index in [0.29, 0.717) is 11.3 Å². The summed E-state index contributed by atoms with van der Waals surface area (Å²) in [5.41, 5.74) is 0.708. The Kier molecular flexibility index (Phi) is 3.61. The Morgan fingerprint density at radius 3 is 2.76 bits per heavy atom. The van der Waals surface area contributed by atoms with Gasteiger partial charge in [-0.2, -0.15) is 0 Å². The molecule has 0 N–H and O–H groups in total. The van der Waals surface area contributed by atoms with Crippen LogP contribution in [-0.4, -0.2) is 30.5 Å². The second-order valence-corrected chi connectivity index (χ2v) is 4.29. The minimum absolute atomic E-state index is 0.00576. The van der Waals surface area contributed by atoms with Crippen LogP contribution >= 0.6 is 0 Å². The van der Waals surface area contributed by atoms with Crippen molar-refractivity contribution in [2.75, 3.05) is 19.7 Å². The van der Waals surface area contributed by atoms with E-state index in [1.54, 1.807) is 17.9 Å². The van der Waals surface area contributed by atoms with Crippen LogP contribution in [0.25, 0.3) is 0 Å². The molecule has 1 saturated heterocycles. The number of carbonyl (C=O) groups is 1. The van der Waals surface area contributed by atoms with E-state index in [-0.39, 0.29) is 18.3 Å². The summed E-state index contributed by atoms with van der Waals surface area (Å²) in [7, 11) is 0. The fourth-order valence-corrected chi connectivity index (χ4v) is 1.97. The van der Waals surface area contributed by atoms with Gasteiger partial charge in [0.25, 0.3) is 5.91 Å². The standard InChI is InChI=1S/C13H16FNO2/c1-10-8-11(14)4-5-12(10)17-9-13(16)15-6-2-3-7-15/h4-5,8H,2-3,6-7,9H2,1H3. The maximum absolute atomic E-state index is 12.9.